The number of aryl methyl sites for hydroxylation is 2. The number of carbonyl (C=O) groups is 1. The minimum atomic E-state index is -0.578. The molecule has 1 fully saturated rings. The molecule has 0 spiro atoms. The van der Waals surface area contributed by atoms with Crippen molar-refractivity contribution in [2.75, 3.05) is 18.0 Å². The van der Waals surface area contributed by atoms with Crippen LogP contribution in [0.25, 0.3) is 0 Å². The third kappa shape index (κ3) is 2.20. The second-order valence-electron chi connectivity index (χ2n) is 5.05. The maximum absolute atomic E-state index is 11.1. The Hall–Kier alpha value is -1.36. The fourth-order valence-corrected chi connectivity index (χ4v) is 2.38. The molecule has 0 unspecified atom stereocenters. The maximum Gasteiger partial charge on any atom is 0.155 e. The van der Waals surface area contributed by atoms with E-state index >= 15 is 0 Å². The van der Waals surface area contributed by atoms with Gasteiger partial charge in [0.25, 0.3) is 0 Å². The van der Waals surface area contributed by atoms with Crippen molar-refractivity contribution in [1.29, 1.82) is 0 Å². The molecule has 1 aliphatic heterocycles. The van der Waals surface area contributed by atoms with E-state index in [9.17, 15) is 9.90 Å². The van der Waals surface area contributed by atoms with Crippen LogP contribution in [-0.4, -0.2) is 39.9 Å². The Bertz CT molecular complexity index is 427. The highest BCUT2D eigenvalue weighted by Crippen LogP contribution is 2.28. The first kappa shape index (κ1) is 12.1. The number of piperidine rings is 1. The quantitative estimate of drug-likeness (QED) is 0.776. The third-order valence-corrected chi connectivity index (χ3v) is 3.50. The summed E-state index contributed by atoms with van der Waals surface area (Å²) in [4.78, 5) is 13.2. The van der Waals surface area contributed by atoms with Crippen LogP contribution in [0.1, 0.15) is 35.8 Å². The van der Waals surface area contributed by atoms with Gasteiger partial charge in [-0.25, -0.2) is 0 Å². The van der Waals surface area contributed by atoms with Crippen molar-refractivity contribution in [3.8, 4) is 0 Å². The topological polar surface area (TPSA) is 58.4 Å². The zero-order valence-electron chi connectivity index (χ0n) is 10.6. The molecular formula is C12H19N3O2. The normalized spacial score (nSPS) is 19.4. The predicted octanol–water partition coefficient (Wildman–Crippen LogP) is 0.892. The molecule has 1 aromatic heterocycles. The van der Waals surface area contributed by atoms with Gasteiger partial charge >= 0.3 is 0 Å². The summed E-state index contributed by atoms with van der Waals surface area (Å²) < 4.78 is 1.75. The molecular weight excluding hydrogens is 218 g/mol. The van der Waals surface area contributed by atoms with Crippen molar-refractivity contribution in [2.24, 2.45) is 7.05 Å². The molecule has 0 atom stereocenters. The van der Waals surface area contributed by atoms with E-state index in [1.165, 1.54) is 0 Å². The van der Waals surface area contributed by atoms with Gasteiger partial charge in [0.2, 0.25) is 0 Å². The van der Waals surface area contributed by atoms with Crippen molar-refractivity contribution in [2.45, 2.75) is 32.3 Å². The van der Waals surface area contributed by atoms with Crippen LogP contribution < -0.4 is 4.90 Å². The summed E-state index contributed by atoms with van der Waals surface area (Å²) in [7, 11) is 1.85. The highest BCUT2D eigenvalue weighted by molar-refractivity contribution is 5.84. The molecule has 1 aromatic rings. The van der Waals surface area contributed by atoms with Gasteiger partial charge in [0.15, 0.2) is 6.29 Å². The molecule has 0 aliphatic carbocycles. The summed E-state index contributed by atoms with van der Waals surface area (Å²) in [5.41, 5.74) is 0.842. The number of aliphatic hydroxyl groups is 1. The molecule has 2 rings (SSSR count). The number of hydrogen-bond acceptors (Lipinski definition) is 4. The number of carbonyl (C=O) groups excluding carboxylic acids is 1. The van der Waals surface area contributed by atoms with Crippen LogP contribution in [0.15, 0.2) is 0 Å². The summed E-state index contributed by atoms with van der Waals surface area (Å²) in [5.74, 6) is 0.869. The van der Waals surface area contributed by atoms with E-state index in [1.807, 2.05) is 20.9 Å². The van der Waals surface area contributed by atoms with Crippen molar-refractivity contribution >= 4 is 12.1 Å². The molecule has 0 bridgehead atoms. The first-order valence-corrected chi connectivity index (χ1v) is 5.91. The van der Waals surface area contributed by atoms with Gasteiger partial charge in [0.1, 0.15) is 5.82 Å². The highest BCUT2D eigenvalue weighted by atomic mass is 16.3. The fourth-order valence-electron chi connectivity index (χ4n) is 2.38. The average Bonchev–Trinajstić information content (AvgIpc) is 2.53. The number of aromatic nitrogens is 2. The van der Waals surface area contributed by atoms with Gasteiger partial charge in [-0.3, -0.25) is 9.48 Å². The van der Waals surface area contributed by atoms with Crippen LogP contribution in [-0.2, 0) is 7.05 Å². The third-order valence-electron chi connectivity index (χ3n) is 3.50. The summed E-state index contributed by atoms with van der Waals surface area (Å²) in [5, 5.41) is 14.2. The molecule has 0 amide bonds. The zero-order chi connectivity index (χ0) is 12.6. The minimum absolute atomic E-state index is 0.578. The summed E-state index contributed by atoms with van der Waals surface area (Å²) >= 11 is 0. The van der Waals surface area contributed by atoms with E-state index in [0.29, 0.717) is 5.56 Å². The van der Waals surface area contributed by atoms with Gasteiger partial charge in [-0.15, -0.1) is 0 Å². The van der Waals surface area contributed by atoms with E-state index in [4.69, 9.17) is 0 Å². The van der Waals surface area contributed by atoms with Crippen molar-refractivity contribution in [1.82, 2.24) is 9.78 Å². The number of rotatable bonds is 2. The van der Waals surface area contributed by atoms with Gasteiger partial charge in [-0.05, 0) is 26.7 Å². The van der Waals surface area contributed by atoms with Crippen LogP contribution in [0.3, 0.4) is 0 Å². The lowest BCUT2D eigenvalue weighted by molar-refractivity contribution is 0.0349. The standard InChI is InChI=1S/C12H19N3O2/c1-9-10(8-16)11(14(3)13-9)15-6-4-12(2,17)5-7-15/h8,17H,4-7H2,1-3H3. The van der Waals surface area contributed by atoms with E-state index < -0.39 is 5.60 Å². The lowest BCUT2D eigenvalue weighted by Gasteiger charge is -2.37. The zero-order valence-corrected chi connectivity index (χ0v) is 10.6. The average molecular weight is 237 g/mol. The van der Waals surface area contributed by atoms with Crippen molar-refractivity contribution in [3.63, 3.8) is 0 Å². The molecule has 17 heavy (non-hydrogen) atoms. The molecule has 94 valence electrons. The van der Waals surface area contributed by atoms with Crippen LogP contribution in [0, 0.1) is 6.92 Å². The number of anilines is 1. The molecule has 5 heteroatoms. The Morgan fingerprint density at radius 2 is 2.00 bits per heavy atom. The van der Waals surface area contributed by atoms with Gasteiger partial charge in [0.05, 0.1) is 16.9 Å². The number of aldehydes is 1. The molecule has 1 aliphatic rings. The van der Waals surface area contributed by atoms with Crippen molar-refractivity contribution in [3.05, 3.63) is 11.3 Å². The first-order chi connectivity index (χ1) is 7.94. The van der Waals surface area contributed by atoms with Crippen LogP contribution >= 0.6 is 0 Å². The number of hydrogen-bond donors (Lipinski definition) is 1. The molecule has 0 aromatic carbocycles. The Balaban J connectivity index is 2.27. The smallest absolute Gasteiger partial charge is 0.155 e. The van der Waals surface area contributed by atoms with Gasteiger partial charge in [-0.2, -0.15) is 5.10 Å². The summed E-state index contributed by atoms with van der Waals surface area (Å²) in [6, 6.07) is 0. The molecule has 1 saturated heterocycles. The fraction of sp³-hybridized carbons (Fsp3) is 0.667. The van der Waals surface area contributed by atoms with Crippen LogP contribution in [0.5, 0.6) is 0 Å². The van der Waals surface area contributed by atoms with Crippen LogP contribution in [0.4, 0.5) is 5.82 Å². The Morgan fingerprint density at radius 3 is 2.53 bits per heavy atom. The maximum atomic E-state index is 11.1. The lowest BCUT2D eigenvalue weighted by atomic mass is 9.94. The highest BCUT2D eigenvalue weighted by Gasteiger charge is 2.30. The minimum Gasteiger partial charge on any atom is -0.390 e. The van der Waals surface area contributed by atoms with E-state index in [0.717, 1.165) is 43.7 Å². The number of nitrogens with zero attached hydrogens (tertiary/aromatic N) is 3. The van der Waals surface area contributed by atoms with E-state index in [-0.39, 0.29) is 0 Å². The van der Waals surface area contributed by atoms with Crippen LogP contribution in [0.2, 0.25) is 0 Å². The first-order valence-electron chi connectivity index (χ1n) is 5.91. The Kier molecular flexibility index (Phi) is 2.95. The second kappa shape index (κ2) is 4.14. The SMILES string of the molecule is Cc1nn(C)c(N2CCC(C)(O)CC2)c1C=O. The monoisotopic (exact) mass is 237 g/mol. The van der Waals surface area contributed by atoms with E-state index in [1.54, 1.807) is 4.68 Å². The van der Waals surface area contributed by atoms with Gasteiger partial charge in [-0.1, -0.05) is 0 Å². The van der Waals surface area contributed by atoms with Crippen molar-refractivity contribution < 1.29 is 9.90 Å². The van der Waals surface area contributed by atoms with Gasteiger partial charge in [0, 0.05) is 20.1 Å². The van der Waals surface area contributed by atoms with Gasteiger partial charge < -0.3 is 10.0 Å². The molecule has 2 heterocycles. The molecule has 5 nitrogen and oxygen atoms in total. The Labute approximate surface area is 101 Å². The predicted molar refractivity (Wildman–Crippen MR) is 65.4 cm³/mol. The van der Waals surface area contributed by atoms with E-state index in [2.05, 4.69) is 10.00 Å². The molecule has 0 saturated carbocycles. The summed E-state index contributed by atoms with van der Waals surface area (Å²) in [6.07, 6.45) is 2.30. The summed E-state index contributed by atoms with van der Waals surface area (Å²) in [6.45, 7) is 5.21. The Morgan fingerprint density at radius 1 is 1.41 bits per heavy atom. The lowest BCUT2D eigenvalue weighted by Crippen LogP contribution is -2.43. The molecule has 1 N–H and O–H groups in total. The second-order valence-corrected chi connectivity index (χ2v) is 5.05. The largest absolute Gasteiger partial charge is 0.390 e. The molecule has 0 radical (unpaired) electrons.